The molecule has 54 valence electrons. The minimum atomic E-state index is 0.981. The summed E-state index contributed by atoms with van der Waals surface area (Å²) in [5, 5.41) is 0. The molecule has 1 aliphatic heterocycles. The minimum absolute atomic E-state index is 0.981. The molecule has 3 nitrogen and oxygen atoms in total. The van der Waals surface area contributed by atoms with Gasteiger partial charge in [-0.25, -0.2) is 5.43 Å². The molecule has 0 saturated carbocycles. The predicted octanol–water partition coefficient (Wildman–Crippen LogP) is 0.583. The van der Waals surface area contributed by atoms with E-state index in [-0.39, 0.29) is 0 Å². The third-order valence-electron chi connectivity index (χ3n) is 1.26. The van der Waals surface area contributed by atoms with Crippen molar-refractivity contribution in [2.24, 2.45) is 4.99 Å². The minimum Gasteiger partial charge on any atom is -0.320 e. The summed E-state index contributed by atoms with van der Waals surface area (Å²) in [5.41, 5.74) is 7.80. The van der Waals surface area contributed by atoms with Crippen molar-refractivity contribution in [1.82, 2.24) is 10.9 Å². The van der Waals surface area contributed by atoms with Crippen molar-refractivity contribution < 1.29 is 0 Å². The lowest BCUT2D eigenvalue weighted by atomic mass is 10.3. The normalized spacial score (nSPS) is 19.8. The summed E-state index contributed by atoms with van der Waals surface area (Å²) in [6, 6.07) is 0. The van der Waals surface area contributed by atoms with E-state index in [0.29, 0.717) is 0 Å². The molecular weight excluding hydrogens is 126 g/mol. The maximum atomic E-state index is 4.10. The zero-order chi connectivity index (χ0) is 7.40. The van der Waals surface area contributed by atoms with E-state index in [0.717, 1.165) is 11.4 Å². The number of allylic oxidation sites excluding steroid dienone is 2. The topological polar surface area (TPSA) is 36.4 Å². The highest BCUT2D eigenvalue weighted by Gasteiger charge is 2.03. The van der Waals surface area contributed by atoms with Crippen LogP contribution in [-0.2, 0) is 0 Å². The highest BCUT2D eigenvalue weighted by molar-refractivity contribution is 5.79. The Hall–Kier alpha value is -1.09. The van der Waals surface area contributed by atoms with Gasteiger partial charge in [0.2, 0.25) is 0 Å². The number of nitrogens with zero attached hydrogens (tertiary/aromatic N) is 1. The number of nitrogens with one attached hydrogen (secondary N) is 2. The van der Waals surface area contributed by atoms with Gasteiger partial charge in [0, 0.05) is 13.3 Å². The molecule has 0 radical (unpaired) electrons. The molecule has 0 atom stereocenters. The maximum Gasteiger partial charge on any atom is 0.0832 e. The fourth-order valence-corrected chi connectivity index (χ4v) is 0.817. The van der Waals surface area contributed by atoms with Gasteiger partial charge in [0.05, 0.1) is 11.4 Å². The van der Waals surface area contributed by atoms with E-state index >= 15 is 0 Å². The molecule has 0 amide bonds. The van der Waals surface area contributed by atoms with Crippen LogP contribution in [-0.4, -0.2) is 13.3 Å². The summed E-state index contributed by atoms with van der Waals surface area (Å²) in [6.45, 7) is 1.96. The fraction of sp³-hybridized carbons (Fsp3) is 0.286. The van der Waals surface area contributed by atoms with E-state index in [2.05, 4.69) is 15.8 Å². The molecule has 1 heterocycles. The second-order valence-electron chi connectivity index (χ2n) is 1.91. The average molecular weight is 137 g/mol. The van der Waals surface area contributed by atoms with E-state index < -0.39 is 0 Å². The van der Waals surface area contributed by atoms with Crippen molar-refractivity contribution in [3.05, 3.63) is 23.5 Å². The average Bonchev–Trinajstić information content (AvgIpc) is 2.36. The molecule has 1 rings (SSSR count). The summed E-state index contributed by atoms with van der Waals surface area (Å²) in [4.78, 5) is 4.10. The van der Waals surface area contributed by atoms with Gasteiger partial charge in [-0.05, 0) is 13.0 Å². The largest absolute Gasteiger partial charge is 0.320 e. The molecule has 0 aliphatic carbocycles. The van der Waals surface area contributed by atoms with Crippen LogP contribution in [0.3, 0.4) is 0 Å². The first-order valence-electron chi connectivity index (χ1n) is 3.22. The third-order valence-corrected chi connectivity index (χ3v) is 1.26. The van der Waals surface area contributed by atoms with Crippen molar-refractivity contribution in [2.75, 3.05) is 7.05 Å². The van der Waals surface area contributed by atoms with Gasteiger partial charge in [-0.15, -0.1) is 0 Å². The number of hydrazine groups is 1. The Labute approximate surface area is 60.5 Å². The van der Waals surface area contributed by atoms with Gasteiger partial charge in [-0.3, -0.25) is 4.99 Å². The Bertz CT molecular complexity index is 201. The Morgan fingerprint density at radius 3 is 3.00 bits per heavy atom. The van der Waals surface area contributed by atoms with Crippen molar-refractivity contribution in [3.8, 4) is 0 Å². The fourth-order valence-electron chi connectivity index (χ4n) is 0.817. The van der Waals surface area contributed by atoms with Crippen LogP contribution >= 0.6 is 0 Å². The summed E-state index contributed by atoms with van der Waals surface area (Å²) in [6.07, 6.45) is 5.65. The molecule has 0 aromatic carbocycles. The van der Waals surface area contributed by atoms with Crippen LogP contribution in [0.2, 0.25) is 0 Å². The first kappa shape index (κ1) is 7.02. The van der Waals surface area contributed by atoms with Crippen LogP contribution < -0.4 is 10.9 Å². The first-order valence-corrected chi connectivity index (χ1v) is 3.22. The van der Waals surface area contributed by atoms with Crippen molar-refractivity contribution in [2.45, 2.75) is 6.92 Å². The second kappa shape index (κ2) is 3.17. The molecule has 0 aromatic heterocycles. The number of rotatable bonds is 2. The van der Waals surface area contributed by atoms with Gasteiger partial charge in [0.15, 0.2) is 0 Å². The smallest absolute Gasteiger partial charge is 0.0832 e. The summed E-state index contributed by atoms with van der Waals surface area (Å²) in [7, 11) is 1.83. The van der Waals surface area contributed by atoms with Crippen molar-refractivity contribution in [1.29, 1.82) is 0 Å². The Morgan fingerprint density at radius 1 is 1.60 bits per heavy atom. The molecule has 0 aromatic rings. The zero-order valence-electron chi connectivity index (χ0n) is 6.18. The molecule has 0 fully saturated rings. The van der Waals surface area contributed by atoms with Crippen LogP contribution in [0.15, 0.2) is 28.5 Å². The molecule has 10 heavy (non-hydrogen) atoms. The predicted molar refractivity (Wildman–Crippen MR) is 42.5 cm³/mol. The highest BCUT2D eigenvalue weighted by atomic mass is 15.3. The van der Waals surface area contributed by atoms with Crippen LogP contribution in [0.25, 0.3) is 0 Å². The quantitative estimate of drug-likeness (QED) is 0.546. The second-order valence-corrected chi connectivity index (χ2v) is 1.91. The van der Waals surface area contributed by atoms with E-state index in [4.69, 9.17) is 0 Å². The lowest BCUT2D eigenvalue weighted by Gasteiger charge is -2.04. The molecule has 3 heteroatoms. The van der Waals surface area contributed by atoms with E-state index in [1.165, 1.54) is 0 Å². The molecule has 0 unspecified atom stereocenters. The third kappa shape index (κ3) is 1.25. The van der Waals surface area contributed by atoms with Gasteiger partial charge in [0.25, 0.3) is 0 Å². The number of hydrogen-bond acceptors (Lipinski definition) is 3. The van der Waals surface area contributed by atoms with Gasteiger partial charge in [-0.1, -0.05) is 6.08 Å². The van der Waals surface area contributed by atoms with E-state index in [1.807, 2.05) is 26.1 Å². The Morgan fingerprint density at radius 2 is 2.40 bits per heavy atom. The first-order chi connectivity index (χ1) is 4.88. The van der Waals surface area contributed by atoms with Crippen LogP contribution in [0.4, 0.5) is 0 Å². The van der Waals surface area contributed by atoms with Crippen LogP contribution in [0, 0.1) is 0 Å². The van der Waals surface area contributed by atoms with Gasteiger partial charge < -0.3 is 5.43 Å². The highest BCUT2D eigenvalue weighted by Crippen LogP contribution is 2.10. The molecule has 0 saturated heterocycles. The van der Waals surface area contributed by atoms with E-state index in [1.54, 1.807) is 6.21 Å². The van der Waals surface area contributed by atoms with Gasteiger partial charge in [0.1, 0.15) is 0 Å². The molecule has 2 N–H and O–H groups in total. The number of aliphatic imine (C=N–C) groups is 1. The van der Waals surface area contributed by atoms with Crippen LogP contribution in [0.1, 0.15) is 6.92 Å². The monoisotopic (exact) mass is 137 g/mol. The summed E-state index contributed by atoms with van der Waals surface area (Å²) < 4.78 is 0. The lowest BCUT2D eigenvalue weighted by Crippen LogP contribution is -2.26. The maximum absolute atomic E-state index is 4.10. The standard InChI is InChI=1S/C7H11N3/c1-3-6-7(10-8-2)4-5-9-6/h3-5,8,10H,1-2H3/b6-3+. The lowest BCUT2D eigenvalue weighted by molar-refractivity contribution is 0.697. The number of hydrogen-bond donors (Lipinski definition) is 2. The summed E-state index contributed by atoms with van der Waals surface area (Å²) >= 11 is 0. The molecule has 0 spiro atoms. The van der Waals surface area contributed by atoms with Gasteiger partial charge >= 0.3 is 0 Å². The van der Waals surface area contributed by atoms with Crippen molar-refractivity contribution >= 4 is 6.21 Å². The van der Waals surface area contributed by atoms with E-state index in [9.17, 15) is 0 Å². The summed E-state index contributed by atoms with van der Waals surface area (Å²) in [5.74, 6) is 0. The Balaban J connectivity index is 2.63. The molecular formula is C7H11N3. The zero-order valence-corrected chi connectivity index (χ0v) is 6.18. The van der Waals surface area contributed by atoms with Crippen molar-refractivity contribution in [3.63, 3.8) is 0 Å². The van der Waals surface area contributed by atoms with Crippen LogP contribution in [0.5, 0.6) is 0 Å². The van der Waals surface area contributed by atoms with Gasteiger partial charge in [-0.2, -0.15) is 0 Å². The SMILES string of the molecule is C/C=C1/N=CC=C1NNC. The Kier molecular flexibility index (Phi) is 2.23. The molecule has 0 bridgehead atoms. The molecule has 1 aliphatic rings.